The predicted molar refractivity (Wildman–Crippen MR) is 88.9 cm³/mol. The first-order chi connectivity index (χ1) is 11.1. The van der Waals surface area contributed by atoms with Crippen molar-refractivity contribution in [3.8, 4) is 11.3 Å². The first-order valence-corrected chi connectivity index (χ1v) is 8.16. The van der Waals surface area contributed by atoms with Crippen LogP contribution < -0.4 is 10.6 Å². The lowest BCUT2D eigenvalue weighted by Crippen LogP contribution is -2.56. The summed E-state index contributed by atoms with van der Waals surface area (Å²) in [5.41, 5.74) is 1.23. The highest BCUT2D eigenvalue weighted by Gasteiger charge is 2.42. The van der Waals surface area contributed by atoms with Crippen molar-refractivity contribution in [1.82, 2.24) is 15.8 Å². The van der Waals surface area contributed by atoms with Crippen molar-refractivity contribution in [1.29, 1.82) is 0 Å². The Morgan fingerprint density at radius 2 is 2.17 bits per heavy atom. The minimum absolute atomic E-state index is 0.0441. The van der Waals surface area contributed by atoms with E-state index < -0.39 is 5.54 Å². The van der Waals surface area contributed by atoms with Crippen LogP contribution in [0.3, 0.4) is 0 Å². The molecule has 0 saturated carbocycles. The van der Waals surface area contributed by atoms with Gasteiger partial charge >= 0.3 is 0 Å². The molecule has 3 rings (SSSR count). The highest BCUT2D eigenvalue weighted by molar-refractivity contribution is 5.87. The van der Waals surface area contributed by atoms with Crippen LogP contribution in [0.5, 0.6) is 0 Å². The molecule has 0 spiro atoms. The third-order valence-electron chi connectivity index (χ3n) is 4.20. The summed E-state index contributed by atoms with van der Waals surface area (Å²) in [7, 11) is 0. The van der Waals surface area contributed by atoms with Crippen LogP contribution in [0.15, 0.2) is 40.9 Å². The fourth-order valence-electron chi connectivity index (χ4n) is 3.07. The van der Waals surface area contributed by atoms with Gasteiger partial charge in [0.25, 0.3) is 0 Å². The third kappa shape index (κ3) is 3.45. The maximum Gasteiger partial charge on any atom is 0.240 e. The number of benzene rings is 1. The minimum Gasteiger partial charge on any atom is -0.361 e. The normalized spacial score (nSPS) is 20.8. The standard InChI is InChI=1S/C18H23N3O2/c1-13(2)20-17(22)18(9-6-10-19-18)12-15-11-16(21-23-15)14-7-4-3-5-8-14/h3-5,7-8,11,13,19H,6,9-10,12H2,1-2H3,(H,20,22)/t18-/m1/s1. The smallest absolute Gasteiger partial charge is 0.240 e. The van der Waals surface area contributed by atoms with Crippen molar-refractivity contribution in [2.75, 3.05) is 6.54 Å². The van der Waals surface area contributed by atoms with E-state index in [0.29, 0.717) is 6.42 Å². The molecule has 1 aliphatic rings. The summed E-state index contributed by atoms with van der Waals surface area (Å²) < 4.78 is 5.49. The number of hydrogen-bond acceptors (Lipinski definition) is 4. The predicted octanol–water partition coefficient (Wildman–Crippen LogP) is 2.53. The lowest BCUT2D eigenvalue weighted by atomic mass is 9.90. The molecule has 23 heavy (non-hydrogen) atoms. The van der Waals surface area contributed by atoms with Gasteiger partial charge in [0.2, 0.25) is 5.91 Å². The highest BCUT2D eigenvalue weighted by Crippen LogP contribution is 2.27. The van der Waals surface area contributed by atoms with E-state index in [-0.39, 0.29) is 11.9 Å². The van der Waals surface area contributed by atoms with Crippen LogP contribution in [0.1, 0.15) is 32.4 Å². The molecule has 122 valence electrons. The molecule has 1 atom stereocenters. The zero-order chi connectivity index (χ0) is 16.3. The minimum atomic E-state index is -0.586. The Morgan fingerprint density at radius 3 is 2.83 bits per heavy atom. The molecule has 1 fully saturated rings. The summed E-state index contributed by atoms with van der Waals surface area (Å²) in [6, 6.07) is 12.0. The van der Waals surface area contributed by atoms with Gasteiger partial charge in [0.1, 0.15) is 17.0 Å². The van der Waals surface area contributed by atoms with Gasteiger partial charge in [-0.3, -0.25) is 4.79 Å². The summed E-state index contributed by atoms with van der Waals surface area (Å²) >= 11 is 0. The average molecular weight is 313 g/mol. The summed E-state index contributed by atoms with van der Waals surface area (Å²) in [6.45, 7) is 4.80. The van der Waals surface area contributed by atoms with Crippen molar-refractivity contribution >= 4 is 5.91 Å². The van der Waals surface area contributed by atoms with Crippen LogP contribution in [0.2, 0.25) is 0 Å². The van der Waals surface area contributed by atoms with E-state index in [1.54, 1.807) is 0 Å². The maximum atomic E-state index is 12.6. The molecular weight excluding hydrogens is 290 g/mol. The third-order valence-corrected chi connectivity index (χ3v) is 4.20. The van der Waals surface area contributed by atoms with Crippen molar-refractivity contribution in [2.24, 2.45) is 0 Å². The Morgan fingerprint density at radius 1 is 1.39 bits per heavy atom. The monoisotopic (exact) mass is 313 g/mol. The van der Waals surface area contributed by atoms with Crippen LogP contribution in [-0.2, 0) is 11.2 Å². The van der Waals surface area contributed by atoms with Crippen LogP contribution in [-0.4, -0.2) is 29.2 Å². The molecule has 2 aromatic rings. The Bertz CT molecular complexity index is 658. The summed E-state index contributed by atoms with van der Waals surface area (Å²) in [5.74, 6) is 0.778. The number of carbonyl (C=O) groups is 1. The molecule has 5 heteroatoms. The van der Waals surface area contributed by atoms with Crippen molar-refractivity contribution < 1.29 is 9.32 Å². The van der Waals surface area contributed by atoms with Gasteiger partial charge in [-0.05, 0) is 33.2 Å². The number of hydrogen-bond donors (Lipinski definition) is 2. The lowest BCUT2D eigenvalue weighted by molar-refractivity contribution is -0.127. The number of aromatic nitrogens is 1. The summed E-state index contributed by atoms with van der Waals surface area (Å²) in [6.07, 6.45) is 2.32. The summed E-state index contributed by atoms with van der Waals surface area (Å²) in [4.78, 5) is 12.6. The number of carbonyl (C=O) groups excluding carboxylic acids is 1. The fourth-order valence-corrected chi connectivity index (χ4v) is 3.07. The first-order valence-electron chi connectivity index (χ1n) is 8.16. The Hall–Kier alpha value is -2.14. The Labute approximate surface area is 136 Å². The molecule has 0 unspecified atom stereocenters. The van der Waals surface area contributed by atoms with Crippen LogP contribution in [0.4, 0.5) is 0 Å². The number of nitrogens with one attached hydrogen (secondary N) is 2. The zero-order valence-corrected chi connectivity index (χ0v) is 13.6. The van der Waals surface area contributed by atoms with Gasteiger partial charge in [0, 0.05) is 24.1 Å². The highest BCUT2D eigenvalue weighted by atomic mass is 16.5. The van der Waals surface area contributed by atoms with Crippen LogP contribution in [0.25, 0.3) is 11.3 Å². The molecule has 1 aromatic carbocycles. The fraction of sp³-hybridized carbons (Fsp3) is 0.444. The average Bonchev–Trinajstić information content (AvgIpc) is 3.18. The molecule has 2 N–H and O–H groups in total. The van der Waals surface area contributed by atoms with E-state index in [2.05, 4.69) is 15.8 Å². The van der Waals surface area contributed by atoms with Gasteiger partial charge in [-0.25, -0.2) is 0 Å². The zero-order valence-electron chi connectivity index (χ0n) is 13.6. The van der Waals surface area contributed by atoms with E-state index in [1.807, 2.05) is 50.2 Å². The van der Waals surface area contributed by atoms with Crippen LogP contribution in [0, 0.1) is 0 Å². The van der Waals surface area contributed by atoms with E-state index in [0.717, 1.165) is 36.4 Å². The second-order valence-corrected chi connectivity index (χ2v) is 6.46. The van der Waals surface area contributed by atoms with Gasteiger partial charge in [0.15, 0.2) is 0 Å². The topological polar surface area (TPSA) is 67.2 Å². The van der Waals surface area contributed by atoms with Crippen LogP contribution >= 0.6 is 0 Å². The molecule has 1 amide bonds. The Kier molecular flexibility index (Phi) is 4.48. The van der Waals surface area contributed by atoms with Crippen molar-refractivity contribution in [3.05, 3.63) is 42.2 Å². The molecule has 2 heterocycles. The molecule has 0 radical (unpaired) electrons. The van der Waals surface area contributed by atoms with Gasteiger partial charge in [-0.15, -0.1) is 0 Å². The van der Waals surface area contributed by atoms with Gasteiger partial charge in [-0.1, -0.05) is 35.5 Å². The van der Waals surface area contributed by atoms with Gasteiger partial charge in [-0.2, -0.15) is 0 Å². The molecule has 0 aliphatic carbocycles. The van der Waals surface area contributed by atoms with E-state index in [4.69, 9.17) is 4.52 Å². The van der Waals surface area contributed by atoms with Gasteiger partial charge < -0.3 is 15.2 Å². The molecule has 0 bridgehead atoms. The lowest BCUT2D eigenvalue weighted by Gasteiger charge is -2.28. The SMILES string of the molecule is CC(C)NC(=O)[C@]1(Cc2cc(-c3ccccc3)no2)CCCN1. The second-order valence-electron chi connectivity index (χ2n) is 6.46. The van der Waals surface area contributed by atoms with Crippen molar-refractivity contribution in [3.63, 3.8) is 0 Å². The number of rotatable bonds is 5. The van der Waals surface area contributed by atoms with Gasteiger partial charge in [0.05, 0.1) is 0 Å². The molecule has 1 aromatic heterocycles. The second kappa shape index (κ2) is 6.54. The van der Waals surface area contributed by atoms with E-state index in [1.165, 1.54) is 0 Å². The largest absolute Gasteiger partial charge is 0.361 e. The molecular formula is C18H23N3O2. The Balaban J connectivity index is 1.79. The summed E-state index contributed by atoms with van der Waals surface area (Å²) in [5, 5.41) is 10.5. The van der Waals surface area contributed by atoms with E-state index >= 15 is 0 Å². The molecule has 5 nitrogen and oxygen atoms in total. The van der Waals surface area contributed by atoms with Crippen molar-refractivity contribution in [2.45, 2.75) is 44.7 Å². The quantitative estimate of drug-likeness (QED) is 0.890. The molecule has 1 aliphatic heterocycles. The molecule has 1 saturated heterocycles. The number of nitrogens with zero attached hydrogens (tertiary/aromatic N) is 1. The van der Waals surface area contributed by atoms with E-state index in [9.17, 15) is 4.79 Å². The maximum absolute atomic E-state index is 12.6. The first kappa shape index (κ1) is 15.7. The number of amides is 1.